The van der Waals surface area contributed by atoms with Gasteiger partial charge in [0.25, 0.3) is 0 Å². The number of halogens is 1. The zero-order chi connectivity index (χ0) is 12.8. The van der Waals surface area contributed by atoms with E-state index < -0.39 is 0 Å². The molecule has 1 N–H and O–H groups in total. The Balaban J connectivity index is 1.94. The number of hydrogen-bond acceptors (Lipinski definition) is 3. The highest BCUT2D eigenvalue weighted by Gasteiger charge is 2.05. The molecule has 3 nitrogen and oxygen atoms in total. The third-order valence-corrected chi connectivity index (χ3v) is 3.19. The molecular formula is C14H17BrN2O. The summed E-state index contributed by atoms with van der Waals surface area (Å²) in [7, 11) is 1.96. The minimum absolute atomic E-state index is 0.742. The van der Waals surface area contributed by atoms with Crippen LogP contribution in [0.15, 0.2) is 39.4 Å². The molecule has 0 amide bonds. The molecule has 1 aromatic carbocycles. The van der Waals surface area contributed by atoms with E-state index in [1.165, 1.54) is 5.56 Å². The molecule has 1 aromatic heterocycles. The van der Waals surface area contributed by atoms with Crippen LogP contribution in [0.3, 0.4) is 0 Å². The quantitative estimate of drug-likeness (QED) is 0.833. The van der Waals surface area contributed by atoms with Crippen LogP contribution in [-0.4, -0.2) is 18.6 Å². The Labute approximate surface area is 116 Å². The number of aryl methyl sites for hydroxylation is 1. The highest BCUT2D eigenvalue weighted by atomic mass is 79.9. The summed E-state index contributed by atoms with van der Waals surface area (Å²) in [6.45, 7) is 1.00. The number of aromatic nitrogens is 1. The molecule has 2 aromatic rings. The molecule has 0 radical (unpaired) electrons. The van der Waals surface area contributed by atoms with Crippen molar-refractivity contribution in [2.24, 2.45) is 0 Å². The Morgan fingerprint density at radius 1 is 1.39 bits per heavy atom. The zero-order valence-corrected chi connectivity index (χ0v) is 12.0. The van der Waals surface area contributed by atoms with Crippen LogP contribution in [0.5, 0.6) is 0 Å². The van der Waals surface area contributed by atoms with E-state index in [2.05, 4.69) is 38.4 Å². The molecule has 0 saturated carbocycles. The maximum Gasteiger partial charge on any atom is 0.198 e. The van der Waals surface area contributed by atoms with Gasteiger partial charge >= 0.3 is 0 Å². The van der Waals surface area contributed by atoms with Crippen LogP contribution >= 0.6 is 15.9 Å². The molecule has 0 unspecified atom stereocenters. The fourth-order valence-electron chi connectivity index (χ4n) is 1.81. The smallest absolute Gasteiger partial charge is 0.198 e. The van der Waals surface area contributed by atoms with Gasteiger partial charge in [-0.3, -0.25) is 0 Å². The van der Waals surface area contributed by atoms with E-state index >= 15 is 0 Å². The number of nitrogens with one attached hydrogen (secondary N) is 1. The van der Waals surface area contributed by atoms with Crippen molar-refractivity contribution >= 4 is 15.9 Å². The summed E-state index contributed by atoms with van der Waals surface area (Å²) >= 11 is 3.46. The first-order chi connectivity index (χ1) is 8.78. The second-order valence-corrected chi connectivity index (χ2v) is 5.15. The molecule has 0 aliphatic rings. The molecule has 0 fully saturated rings. The normalized spacial score (nSPS) is 10.8. The van der Waals surface area contributed by atoms with E-state index in [1.807, 2.05) is 25.4 Å². The van der Waals surface area contributed by atoms with E-state index in [9.17, 15) is 0 Å². The number of hydrogen-bond donors (Lipinski definition) is 1. The van der Waals surface area contributed by atoms with Crippen molar-refractivity contribution in [3.63, 3.8) is 0 Å². The lowest BCUT2D eigenvalue weighted by Gasteiger charge is -1.98. The molecule has 4 heteroatoms. The lowest BCUT2D eigenvalue weighted by atomic mass is 10.1. The fourth-order valence-corrected chi connectivity index (χ4v) is 2.25. The lowest BCUT2D eigenvalue weighted by molar-refractivity contribution is 0.457. The van der Waals surface area contributed by atoms with E-state index in [0.29, 0.717) is 0 Å². The van der Waals surface area contributed by atoms with E-state index in [1.54, 1.807) is 0 Å². The van der Waals surface area contributed by atoms with Gasteiger partial charge in [0.2, 0.25) is 0 Å². The number of oxazole rings is 1. The molecule has 0 aliphatic carbocycles. The molecule has 18 heavy (non-hydrogen) atoms. The van der Waals surface area contributed by atoms with Crippen LogP contribution in [0.4, 0.5) is 0 Å². The van der Waals surface area contributed by atoms with Crippen LogP contribution < -0.4 is 5.32 Å². The van der Waals surface area contributed by atoms with Gasteiger partial charge in [-0.05, 0) is 37.7 Å². The lowest BCUT2D eigenvalue weighted by Crippen LogP contribution is -2.08. The van der Waals surface area contributed by atoms with Gasteiger partial charge in [0, 0.05) is 17.3 Å². The van der Waals surface area contributed by atoms with Crippen molar-refractivity contribution in [3.05, 3.63) is 52.1 Å². The van der Waals surface area contributed by atoms with Crippen molar-refractivity contribution in [2.45, 2.75) is 19.3 Å². The standard InChI is InChI=1S/C14H17BrN2O/c1-16-7-3-6-13-10-17-14(18-13)9-11-4-2-5-12(15)8-11/h2,4-5,8,10,16H,3,6-7,9H2,1H3. The predicted molar refractivity (Wildman–Crippen MR) is 75.7 cm³/mol. The number of nitrogens with zero attached hydrogens (tertiary/aromatic N) is 1. The van der Waals surface area contributed by atoms with Gasteiger partial charge in [-0.2, -0.15) is 0 Å². The Kier molecular flexibility index (Phi) is 4.96. The van der Waals surface area contributed by atoms with E-state index in [4.69, 9.17) is 4.42 Å². The van der Waals surface area contributed by atoms with Gasteiger partial charge in [-0.25, -0.2) is 4.98 Å². The van der Waals surface area contributed by atoms with Crippen LogP contribution in [0, 0.1) is 0 Å². The van der Waals surface area contributed by atoms with Crippen molar-refractivity contribution in [1.29, 1.82) is 0 Å². The first kappa shape index (κ1) is 13.3. The molecule has 0 bridgehead atoms. The van der Waals surface area contributed by atoms with Gasteiger partial charge in [0.15, 0.2) is 5.89 Å². The third kappa shape index (κ3) is 3.96. The average Bonchev–Trinajstić information content (AvgIpc) is 2.77. The summed E-state index contributed by atoms with van der Waals surface area (Å²) in [5.41, 5.74) is 1.20. The van der Waals surface area contributed by atoms with Crippen LogP contribution in [-0.2, 0) is 12.8 Å². The highest BCUT2D eigenvalue weighted by molar-refractivity contribution is 9.10. The molecule has 0 spiro atoms. The topological polar surface area (TPSA) is 38.1 Å². The second kappa shape index (κ2) is 6.71. The first-order valence-corrected chi connectivity index (χ1v) is 6.90. The minimum atomic E-state index is 0.742. The van der Waals surface area contributed by atoms with Gasteiger partial charge in [0.05, 0.1) is 6.20 Å². The highest BCUT2D eigenvalue weighted by Crippen LogP contribution is 2.15. The van der Waals surface area contributed by atoms with Crippen LogP contribution in [0.25, 0.3) is 0 Å². The molecular weight excluding hydrogens is 292 g/mol. The van der Waals surface area contributed by atoms with Crippen LogP contribution in [0.2, 0.25) is 0 Å². The minimum Gasteiger partial charge on any atom is -0.445 e. The maximum absolute atomic E-state index is 5.72. The van der Waals surface area contributed by atoms with Crippen molar-refractivity contribution in [2.75, 3.05) is 13.6 Å². The molecule has 2 rings (SSSR count). The SMILES string of the molecule is CNCCCc1cnc(Cc2cccc(Br)c2)o1. The third-order valence-electron chi connectivity index (χ3n) is 2.70. The monoisotopic (exact) mass is 308 g/mol. The first-order valence-electron chi connectivity index (χ1n) is 6.10. The Hall–Kier alpha value is -1.13. The Morgan fingerprint density at radius 2 is 2.28 bits per heavy atom. The molecule has 0 atom stereocenters. The van der Waals surface area contributed by atoms with Crippen LogP contribution in [0.1, 0.15) is 23.6 Å². The van der Waals surface area contributed by atoms with Gasteiger partial charge in [0.1, 0.15) is 5.76 Å². The summed E-state index contributed by atoms with van der Waals surface area (Å²) in [5.74, 6) is 1.75. The summed E-state index contributed by atoms with van der Waals surface area (Å²) < 4.78 is 6.80. The largest absolute Gasteiger partial charge is 0.445 e. The molecule has 96 valence electrons. The summed E-state index contributed by atoms with van der Waals surface area (Å²) in [6.07, 6.45) is 4.59. The summed E-state index contributed by atoms with van der Waals surface area (Å²) in [4.78, 5) is 4.32. The average molecular weight is 309 g/mol. The fraction of sp³-hybridized carbons (Fsp3) is 0.357. The van der Waals surface area contributed by atoms with Crippen molar-refractivity contribution < 1.29 is 4.42 Å². The summed E-state index contributed by atoms with van der Waals surface area (Å²) in [6, 6.07) is 8.21. The van der Waals surface area contributed by atoms with E-state index in [0.717, 1.165) is 41.9 Å². The zero-order valence-electron chi connectivity index (χ0n) is 10.4. The molecule has 0 aliphatic heterocycles. The Bertz CT molecular complexity index is 496. The van der Waals surface area contributed by atoms with Gasteiger partial charge < -0.3 is 9.73 Å². The maximum atomic E-state index is 5.72. The van der Waals surface area contributed by atoms with Crippen molar-refractivity contribution in [3.8, 4) is 0 Å². The van der Waals surface area contributed by atoms with Gasteiger partial charge in [-0.1, -0.05) is 28.1 Å². The molecule has 0 saturated heterocycles. The predicted octanol–water partition coefficient (Wildman–Crippen LogP) is 3.18. The summed E-state index contributed by atoms with van der Waals surface area (Å²) in [5, 5.41) is 3.12. The number of rotatable bonds is 6. The second-order valence-electron chi connectivity index (χ2n) is 4.23. The Morgan fingerprint density at radius 3 is 3.06 bits per heavy atom. The van der Waals surface area contributed by atoms with Crippen molar-refractivity contribution in [1.82, 2.24) is 10.3 Å². The van der Waals surface area contributed by atoms with Gasteiger partial charge in [-0.15, -0.1) is 0 Å². The van der Waals surface area contributed by atoms with E-state index in [-0.39, 0.29) is 0 Å². The number of benzene rings is 1. The molecule has 1 heterocycles.